The average Bonchev–Trinajstić information content (AvgIpc) is 2.72. The molecular formula is C13H7F2N3O2. The second kappa shape index (κ2) is 4.35. The van der Waals surface area contributed by atoms with E-state index in [4.69, 9.17) is 5.26 Å². The molecule has 100 valence electrons. The zero-order valence-electron chi connectivity index (χ0n) is 9.93. The standard InChI is InChI=1S/C13H7F2N3O2/c14-13(15)19-11-2-1-8(6-12(11)20-13)18-9-3-4-17-10(5-9)7-16/h1-6H,(H,17,18). The van der Waals surface area contributed by atoms with E-state index in [9.17, 15) is 8.78 Å². The summed E-state index contributed by atoms with van der Waals surface area (Å²) in [5.41, 5.74) is 1.39. The maximum Gasteiger partial charge on any atom is 0.586 e. The van der Waals surface area contributed by atoms with E-state index in [1.165, 1.54) is 18.3 Å². The number of nitrogens with zero attached hydrogens (tertiary/aromatic N) is 2. The molecule has 20 heavy (non-hydrogen) atoms. The Hall–Kier alpha value is -2.88. The van der Waals surface area contributed by atoms with Gasteiger partial charge in [0.2, 0.25) is 0 Å². The molecule has 0 bridgehead atoms. The number of pyridine rings is 1. The third-order valence-electron chi connectivity index (χ3n) is 2.56. The fraction of sp³-hybridized carbons (Fsp3) is 0.0769. The minimum Gasteiger partial charge on any atom is -0.395 e. The summed E-state index contributed by atoms with van der Waals surface area (Å²) in [6, 6.07) is 9.44. The lowest BCUT2D eigenvalue weighted by Gasteiger charge is -2.06. The van der Waals surface area contributed by atoms with Crippen LogP contribution in [0.5, 0.6) is 11.5 Å². The number of fused-ring (bicyclic) bond motifs is 1. The zero-order valence-corrected chi connectivity index (χ0v) is 9.93. The zero-order chi connectivity index (χ0) is 14.2. The van der Waals surface area contributed by atoms with E-state index >= 15 is 0 Å². The lowest BCUT2D eigenvalue weighted by Crippen LogP contribution is -2.25. The van der Waals surface area contributed by atoms with Crippen LogP contribution in [0.15, 0.2) is 36.5 Å². The molecule has 2 heterocycles. The van der Waals surface area contributed by atoms with Crippen molar-refractivity contribution in [2.24, 2.45) is 0 Å². The smallest absolute Gasteiger partial charge is 0.395 e. The normalized spacial score (nSPS) is 14.7. The summed E-state index contributed by atoms with van der Waals surface area (Å²) in [6.07, 6.45) is -2.16. The van der Waals surface area contributed by atoms with Crippen LogP contribution in [0.25, 0.3) is 0 Å². The average molecular weight is 275 g/mol. The summed E-state index contributed by atoms with van der Waals surface area (Å²) in [4.78, 5) is 3.83. The van der Waals surface area contributed by atoms with Gasteiger partial charge in [0.15, 0.2) is 11.5 Å². The van der Waals surface area contributed by atoms with Gasteiger partial charge in [0, 0.05) is 23.6 Å². The molecule has 7 heteroatoms. The summed E-state index contributed by atoms with van der Waals surface area (Å²) in [7, 11) is 0. The Kier molecular flexibility index (Phi) is 2.64. The third kappa shape index (κ3) is 2.31. The van der Waals surface area contributed by atoms with E-state index in [0.717, 1.165) is 0 Å². The molecule has 0 saturated carbocycles. The highest BCUT2D eigenvalue weighted by Gasteiger charge is 2.43. The monoisotopic (exact) mass is 275 g/mol. The molecule has 5 nitrogen and oxygen atoms in total. The number of hydrogen-bond donors (Lipinski definition) is 1. The molecule has 0 fully saturated rings. The van der Waals surface area contributed by atoms with Gasteiger partial charge in [0.1, 0.15) is 11.8 Å². The van der Waals surface area contributed by atoms with Crippen molar-refractivity contribution in [1.82, 2.24) is 4.98 Å². The molecule has 0 radical (unpaired) electrons. The Balaban J connectivity index is 1.85. The van der Waals surface area contributed by atoms with E-state index in [-0.39, 0.29) is 17.2 Å². The molecule has 1 aliphatic rings. The van der Waals surface area contributed by atoms with E-state index in [2.05, 4.69) is 19.8 Å². The Morgan fingerprint density at radius 1 is 1.10 bits per heavy atom. The van der Waals surface area contributed by atoms with Crippen LogP contribution in [0.4, 0.5) is 20.2 Å². The Morgan fingerprint density at radius 2 is 1.85 bits per heavy atom. The van der Waals surface area contributed by atoms with Gasteiger partial charge < -0.3 is 14.8 Å². The van der Waals surface area contributed by atoms with Gasteiger partial charge in [0.25, 0.3) is 0 Å². The van der Waals surface area contributed by atoms with Gasteiger partial charge in [0.05, 0.1) is 0 Å². The molecule has 1 aliphatic heterocycles. The first-order chi connectivity index (χ1) is 9.55. The second-order valence-electron chi connectivity index (χ2n) is 4.00. The highest BCUT2D eigenvalue weighted by Crippen LogP contribution is 2.42. The third-order valence-corrected chi connectivity index (χ3v) is 2.56. The molecule has 1 N–H and O–H groups in total. The van der Waals surface area contributed by atoms with Crippen molar-refractivity contribution in [3.63, 3.8) is 0 Å². The van der Waals surface area contributed by atoms with Gasteiger partial charge in [-0.25, -0.2) is 4.98 Å². The van der Waals surface area contributed by atoms with Crippen molar-refractivity contribution >= 4 is 11.4 Å². The topological polar surface area (TPSA) is 67.2 Å². The lowest BCUT2D eigenvalue weighted by molar-refractivity contribution is -0.286. The lowest BCUT2D eigenvalue weighted by atomic mass is 10.2. The quantitative estimate of drug-likeness (QED) is 0.912. The van der Waals surface area contributed by atoms with Crippen molar-refractivity contribution in [2.75, 3.05) is 5.32 Å². The Morgan fingerprint density at radius 3 is 2.65 bits per heavy atom. The van der Waals surface area contributed by atoms with Crippen LogP contribution in [0.2, 0.25) is 0 Å². The van der Waals surface area contributed by atoms with Crippen LogP contribution >= 0.6 is 0 Å². The minimum absolute atomic E-state index is 0.0204. The van der Waals surface area contributed by atoms with Gasteiger partial charge in [-0.15, -0.1) is 8.78 Å². The summed E-state index contributed by atoms with van der Waals surface area (Å²) in [5.74, 6) is -0.0671. The second-order valence-corrected chi connectivity index (χ2v) is 4.00. The van der Waals surface area contributed by atoms with E-state index < -0.39 is 6.29 Å². The van der Waals surface area contributed by atoms with Crippen molar-refractivity contribution in [1.29, 1.82) is 5.26 Å². The molecule has 2 aromatic rings. The largest absolute Gasteiger partial charge is 0.586 e. The van der Waals surface area contributed by atoms with Gasteiger partial charge in [-0.05, 0) is 24.3 Å². The number of alkyl halides is 2. The molecule has 1 aromatic heterocycles. The van der Waals surface area contributed by atoms with E-state index in [1.54, 1.807) is 18.2 Å². The van der Waals surface area contributed by atoms with Crippen molar-refractivity contribution in [2.45, 2.75) is 6.29 Å². The fourth-order valence-corrected chi connectivity index (χ4v) is 1.76. The van der Waals surface area contributed by atoms with Crippen LogP contribution in [0.1, 0.15) is 5.69 Å². The highest BCUT2D eigenvalue weighted by atomic mass is 19.3. The number of ether oxygens (including phenoxy) is 2. The van der Waals surface area contributed by atoms with E-state index in [1.807, 2.05) is 6.07 Å². The number of anilines is 2. The molecule has 1 aromatic carbocycles. The Bertz CT molecular complexity index is 713. The first-order valence-electron chi connectivity index (χ1n) is 5.59. The molecular weight excluding hydrogens is 268 g/mol. The highest BCUT2D eigenvalue weighted by molar-refractivity contribution is 5.64. The summed E-state index contributed by atoms with van der Waals surface area (Å²) in [6.45, 7) is 0. The number of hydrogen-bond acceptors (Lipinski definition) is 5. The molecule has 0 atom stereocenters. The van der Waals surface area contributed by atoms with Crippen LogP contribution < -0.4 is 14.8 Å². The van der Waals surface area contributed by atoms with Crippen LogP contribution in [-0.4, -0.2) is 11.3 Å². The SMILES string of the molecule is N#Cc1cc(Nc2ccc3c(c2)OC(F)(F)O3)ccn1. The number of nitrogens with one attached hydrogen (secondary N) is 1. The predicted molar refractivity (Wildman–Crippen MR) is 64.9 cm³/mol. The maximum atomic E-state index is 12.9. The van der Waals surface area contributed by atoms with E-state index in [0.29, 0.717) is 11.4 Å². The minimum atomic E-state index is -3.63. The van der Waals surface area contributed by atoms with Gasteiger partial charge >= 0.3 is 6.29 Å². The summed E-state index contributed by atoms with van der Waals surface area (Å²) >= 11 is 0. The first kappa shape index (κ1) is 12.2. The van der Waals surface area contributed by atoms with Gasteiger partial charge in [-0.3, -0.25) is 0 Å². The van der Waals surface area contributed by atoms with Gasteiger partial charge in [-0.2, -0.15) is 5.26 Å². The van der Waals surface area contributed by atoms with Crippen LogP contribution in [-0.2, 0) is 0 Å². The first-order valence-corrected chi connectivity index (χ1v) is 5.59. The number of halogens is 2. The fourth-order valence-electron chi connectivity index (χ4n) is 1.76. The molecule has 0 aliphatic carbocycles. The summed E-state index contributed by atoms with van der Waals surface area (Å²) < 4.78 is 34.4. The van der Waals surface area contributed by atoms with Crippen LogP contribution in [0.3, 0.4) is 0 Å². The van der Waals surface area contributed by atoms with Crippen LogP contribution in [0, 0.1) is 11.3 Å². The number of aromatic nitrogens is 1. The predicted octanol–water partition coefficient (Wildman–Crippen LogP) is 3.02. The van der Waals surface area contributed by atoms with Crippen molar-refractivity contribution in [3.05, 3.63) is 42.2 Å². The summed E-state index contributed by atoms with van der Waals surface area (Å²) in [5, 5.41) is 11.7. The molecule has 0 amide bonds. The number of nitriles is 1. The maximum absolute atomic E-state index is 12.9. The molecule has 0 spiro atoms. The molecule has 0 saturated heterocycles. The Labute approximate surface area is 112 Å². The molecule has 0 unspecified atom stereocenters. The van der Waals surface area contributed by atoms with Crippen molar-refractivity contribution < 1.29 is 18.3 Å². The van der Waals surface area contributed by atoms with Crippen molar-refractivity contribution in [3.8, 4) is 17.6 Å². The number of rotatable bonds is 2. The number of benzene rings is 1. The molecule has 3 rings (SSSR count). The van der Waals surface area contributed by atoms with Gasteiger partial charge in [-0.1, -0.05) is 0 Å².